The lowest BCUT2D eigenvalue weighted by Gasteiger charge is -2.20. The highest BCUT2D eigenvalue weighted by molar-refractivity contribution is 7.47. The highest BCUT2D eigenvalue weighted by Gasteiger charge is 2.28. The number of carboxylic acids is 1. The van der Waals surface area contributed by atoms with Gasteiger partial charge in [-0.15, -0.1) is 0 Å². The number of carbonyl (C=O) groups is 4. The van der Waals surface area contributed by atoms with E-state index in [1.165, 1.54) is 96.3 Å². The number of phosphoric acid groups is 1. The van der Waals surface area contributed by atoms with Crippen LogP contribution in [-0.2, 0) is 42.3 Å². The predicted octanol–water partition coefficient (Wildman–Crippen LogP) is 11.8. The van der Waals surface area contributed by atoms with Gasteiger partial charge in [0.25, 0.3) is 0 Å². The second-order valence-electron chi connectivity index (χ2n) is 15.9. The molecule has 3 atom stereocenters. The highest BCUT2D eigenvalue weighted by Crippen LogP contribution is 2.43. The summed E-state index contributed by atoms with van der Waals surface area (Å²) in [6, 6.07) is -1.53. The third-order valence-electron chi connectivity index (χ3n) is 10.2. The van der Waals surface area contributed by atoms with Gasteiger partial charge >= 0.3 is 25.7 Å². The Balaban J connectivity index is 4.34. The lowest BCUT2D eigenvalue weighted by atomic mass is 10.0. The highest BCUT2D eigenvalue weighted by atomic mass is 31.2. The molecular formula is C46H84NO11P. The van der Waals surface area contributed by atoms with Crippen LogP contribution in [0.15, 0.2) is 24.3 Å². The minimum absolute atomic E-state index is 0.148. The van der Waals surface area contributed by atoms with Gasteiger partial charge in [0.1, 0.15) is 12.6 Å². The molecule has 13 heteroatoms. The van der Waals surface area contributed by atoms with Gasteiger partial charge in [0.15, 0.2) is 11.9 Å². The van der Waals surface area contributed by atoms with Crippen LogP contribution in [0.2, 0.25) is 0 Å². The number of ketones is 1. The Hall–Kier alpha value is -2.37. The number of hydrogen-bond donors (Lipinski definition) is 3. The van der Waals surface area contributed by atoms with E-state index in [1.54, 1.807) is 12.2 Å². The molecule has 0 aliphatic carbocycles. The summed E-state index contributed by atoms with van der Waals surface area (Å²) in [6.45, 7) is 2.63. The van der Waals surface area contributed by atoms with Crippen molar-refractivity contribution in [2.24, 2.45) is 5.73 Å². The van der Waals surface area contributed by atoms with Crippen molar-refractivity contribution in [2.45, 2.75) is 225 Å². The third kappa shape index (κ3) is 40.8. The van der Waals surface area contributed by atoms with Crippen molar-refractivity contribution < 1.29 is 52.3 Å². The van der Waals surface area contributed by atoms with Crippen LogP contribution >= 0.6 is 7.82 Å². The van der Waals surface area contributed by atoms with E-state index >= 15 is 0 Å². The van der Waals surface area contributed by atoms with Gasteiger partial charge in [0.05, 0.1) is 13.2 Å². The zero-order valence-electron chi connectivity index (χ0n) is 37.1. The number of rotatable bonds is 44. The van der Waals surface area contributed by atoms with Crippen LogP contribution in [0.25, 0.3) is 0 Å². The Morgan fingerprint density at radius 2 is 0.983 bits per heavy atom. The minimum Gasteiger partial charge on any atom is -0.480 e. The molecule has 1 unspecified atom stereocenters. The lowest BCUT2D eigenvalue weighted by molar-refractivity contribution is -0.161. The van der Waals surface area contributed by atoms with Gasteiger partial charge in [-0.05, 0) is 38.2 Å². The first-order valence-electron chi connectivity index (χ1n) is 23.3. The van der Waals surface area contributed by atoms with Crippen molar-refractivity contribution >= 4 is 31.5 Å². The number of esters is 2. The molecule has 0 aromatic rings. The summed E-state index contributed by atoms with van der Waals surface area (Å²) in [4.78, 5) is 57.8. The van der Waals surface area contributed by atoms with E-state index in [9.17, 15) is 28.6 Å². The fraction of sp³-hybridized carbons (Fsp3) is 0.826. The Kier molecular flexibility index (Phi) is 39.4. The number of aliphatic carboxylic acids is 1. The molecule has 0 aliphatic heterocycles. The van der Waals surface area contributed by atoms with Crippen LogP contribution in [0.4, 0.5) is 0 Å². The van der Waals surface area contributed by atoms with Crippen LogP contribution in [-0.4, -0.2) is 65.7 Å². The molecule has 0 bridgehead atoms. The van der Waals surface area contributed by atoms with Gasteiger partial charge in [0.2, 0.25) is 0 Å². The largest absolute Gasteiger partial charge is 0.480 e. The first-order chi connectivity index (χ1) is 28.5. The van der Waals surface area contributed by atoms with Crippen molar-refractivity contribution in [3.05, 3.63) is 24.3 Å². The van der Waals surface area contributed by atoms with Crippen molar-refractivity contribution in [1.82, 2.24) is 0 Å². The van der Waals surface area contributed by atoms with E-state index in [0.29, 0.717) is 19.3 Å². The molecule has 0 aromatic carbocycles. The first kappa shape index (κ1) is 56.6. The standard InChI is InChI=1S/C46H84NO11P/c1-3-5-7-8-9-10-11-12-13-14-15-16-17-18-19-22-26-29-33-37-45(50)58-42(39-56-59(53,54)57-40-43(47)46(51)52)38-55-44(49)36-32-28-25-23-20-21-24-27-31-35-41(48)34-30-6-4-2/h24,27,31,35,42-43H,3-23,25-26,28-30,32-34,36-40,47H2,1-2H3,(H,51,52)(H,53,54)/b27-24-,35-31+/t42-,43+/m1/s1. The van der Waals surface area contributed by atoms with Crippen LogP contribution < -0.4 is 5.73 Å². The molecule has 0 saturated carbocycles. The molecule has 0 radical (unpaired) electrons. The number of hydrogen-bond acceptors (Lipinski definition) is 10. The monoisotopic (exact) mass is 858 g/mol. The second-order valence-corrected chi connectivity index (χ2v) is 17.4. The van der Waals surface area contributed by atoms with Gasteiger partial charge < -0.3 is 25.2 Å². The smallest absolute Gasteiger partial charge is 0.472 e. The van der Waals surface area contributed by atoms with Crippen LogP contribution in [0.5, 0.6) is 0 Å². The SMILES string of the molecule is CCCCCCCCCCCCCCCCCCCCCC(=O)O[C@H](COC(=O)CCCCCCC/C=C\C=C\C(=O)CCCCC)COP(=O)(O)OC[C@H](N)C(=O)O. The van der Waals surface area contributed by atoms with Crippen molar-refractivity contribution in [2.75, 3.05) is 19.8 Å². The fourth-order valence-corrected chi connectivity index (χ4v) is 7.24. The van der Waals surface area contributed by atoms with E-state index in [2.05, 4.69) is 24.4 Å². The zero-order valence-corrected chi connectivity index (χ0v) is 38.0. The number of carboxylic acid groups (broad SMARTS) is 1. The topological polar surface area (TPSA) is 189 Å². The molecular weight excluding hydrogens is 773 g/mol. The maximum atomic E-state index is 12.7. The van der Waals surface area contributed by atoms with E-state index in [0.717, 1.165) is 70.6 Å². The molecule has 344 valence electrons. The van der Waals surface area contributed by atoms with Gasteiger partial charge in [-0.1, -0.05) is 180 Å². The molecule has 59 heavy (non-hydrogen) atoms. The molecule has 12 nitrogen and oxygen atoms in total. The van der Waals surface area contributed by atoms with E-state index in [4.69, 9.17) is 24.8 Å². The zero-order chi connectivity index (χ0) is 43.7. The van der Waals surface area contributed by atoms with Crippen LogP contribution in [0.3, 0.4) is 0 Å². The van der Waals surface area contributed by atoms with Crippen LogP contribution in [0, 0.1) is 0 Å². The molecule has 0 amide bonds. The average Bonchev–Trinajstić information content (AvgIpc) is 3.20. The summed E-state index contributed by atoms with van der Waals surface area (Å²) in [5.41, 5.74) is 5.33. The molecule has 0 saturated heterocycles. The summed E-state index contributed by atoms with van der Waals surface area (Å²) in [6.07, 6.45) is 39.4. The predicted molar refractivity (Wildman–Crippen MR) is 236 cm³/mol. The number of phosphoric ester groups is 1. The van der Waals surface area contributed by atoms with Crippen molar-refractivity contribution in [3.63, 3.8) is 0 Å². The Morgan fingerprint density at radius 1 is 0.559 bits per heavy atom. The number of carbonyl (C=O) groups excluding carboxylic acids is 3. The van der Waals surface area contributed by atoms with Gasteiger partial charge in [-0.3, -0.25) is 28.2 Å². The molecule has 0 spiro atoms. The van der Waals surface area contributed by atoms with E-state index < -0.39 is 51.1 Å². The summed E-state index contributed by atoms with van der Waals surface area (Å²) in [7, 11) is -4.73. The molecule has 4 N–H and O–H groups in total. The molecule has 0 rings (SSSR count). The first-order valence-corrected chi connectivity index (χ1v) is 24.8. The number of allylic oxidation sites excluding steroid dienone is 4. The summed E-state index contributed by atoms with van der Waals surface area (Å²) < 4.78 is 32.7. The van der Waals surface area contributed by atoms with Gasteiger partial charge in [0, 0.05) is 19.3 Å². The fourth-order valence-electron chi connectivity index (χ4n) is 6.46. The maximum Gasteiger partial charge on any atom is 0.472 e. The number of ether oxygens (including phenoxy) is 2. The number of unbranched alkanes of at least 4 members (excludes halogenated alkanes) is 25. The van der Waals surface area contributed by atoms with Crippen molar-refractivity contribution in [1.29, 1.82) is 0 Å². The normalized spacial score (nSPS) is 13.8. The maximum absolute atomic E-state index is 12.7. The quantitative estimate of drug-likeness (QED) is 0.0173. The molecule has 0 heterocycles. The van der Waals surface area contributed by atoms with Gasteiger partial charge in [-0.25, -0.2) is 4.57 Å². The van der Waals surface area contributed by atoms with E-state index in [1.807, 2.05) is 6.08 Å². The average molecular weight is 858 g/mol. The Morgan fingerprint density at radius 3 is 1.49 bits per heavy atom. The summed E-state index contributed by atoms with van der Waals surface area (Å²) in [5.74, 6) is -2.28. The van der Waals surface area contributed by atoms with Crippen molar-refractivity contribution in [3.8, 4) is 0 Å². The summed E-state index contributed by atoms with van der Waals surface area (Å²) in [5, 5.41) is 8.90. The Bertz CT molecular complexity index is 1160. The molecule has 0 fully saturated rings. The molecule has 0 aromatic heterocycles. The lowest BCUT2D eigenvalue weighted by Crippen LogP contribution is -2.34. The van der Waals surface area contributed by atoms with Crippen LogP contribution in [0.1, 0.15) is 213 Å². The Labute approximate surface area is 357 Å². The van der Waals surface area contributed by atoms with Gasteiger partial charge in [-0.2, -0.15) is 0 Å². The second kappa shape index (κ2) is 41.0. The third-order valence-corrected chi connectivity index (χ3v) is 11.1. The minimum atomic E-state index is -4.73. The number of nitrogens with two attached hydrogens (primary N) is 1. The van der Waals surface area contributed by atoms with E-state index in [-0.39, 0.29) is 25.2 Å². The summed E-state index contributed by atoms with van der Waals surface area (Å²) >= 11 is 0. The molecule has 0 aliphatic rings.